The highest BCUT2D eigenvalue weighted by atomic mass is 79.9. The molecule has 1 unspecified atom stereocenters. The second kappa shape index (κ2) is 6.51. The Bertz CT molecular complexity index is 621. The van der Waals surface area contributed by atoms with Gasteiger partial charge in [-0.05, 0) is 78.6 Å². The van der Waals surface area contributed by atoms with Crippen LogP contribution >= 0.6 is 27.3 Å². The molecule has 0 spiro atoms. The van der Waals surface area contributed by atoms with Crippen LogP contribution in [0.3, 0.4) is 0 Å². The van der Waals surface area contributed by atoms with Crippen molar-refractivity contribution in [1.82, 2.24) is 4.90 Å². The minimum atomic E-state index is 0.450. The molecule has 0 bridgehead atoms. The first-order valence-electron chi connectivity index (χ1n) is 7.40. The van der Waals surface area contributed by atoms with E-state index in [9.17, 15) is 0 Å². The summed E-state index contributed by atoms with van der Waals surface area (Å²) >= 11 is 5.52. The molecule has 3 rings (SSSR count). The van der Waals surface area contributed by atoms with Gasteiger partial charge in [-0.3, -0.25) is 0 Å². The largest absolute Gasteiger partial charge is 0.378 e. The van der Waals surface area contributed by atoms with Crippen LogP contribution in [0.5, 0.6) is 0 Å². The SMILES string of the molecule is CN(C)Cc1cccc(NC2CCCc3sc(Br)cc32)c1. The zero-order chi connectivity index (χ0) is 14.8. The summed E-state index contributed by atoms with van der Waals surface area (Å²) in [6.45, 7) is 0.982. The normalized spacial score (nSPS) is 17.8. The number of rotatable bonds is 4. The molecular formula is C17H21BrN2S. The van der Waals surface area contributed by atoms with E-state index in [1.54, 1.807) is 0 Å². The van der Waals surface area contributed by atoms with E-state index < -0.39 is 0 Å². The van der Waals surface area contributed by atoms with E-state index in [1.807, 2.05) is 11.3 Å². The predicted molar refractivity (Wildman–Crippen MR) is 95.2 cm³/mol. The minimum absolute atomic E-state index is 0.450. The van der Waals surface area contributed by atoms with Crippen LogP contribution in [0.15, 0.2) is 34.1 Å². The Kier molecular flexibility index (Phi) is 4.67. The van der Waals surface area contributed by atoms with Crippen molar-refractivity contribution in [2.45, 2.75) is 31.8 Å². The number of nitrogens with zero attached hydrogens (tertiary/aromatic N) is 1. The number of nitrogens with one attached hydrogen (secondary N) is 1. The zero-order valence-electron chi connectivity index (χ0n) is 12.5. The molecule has 2 nitrogen and oxygen atoms in total. The molecule has 0 aliphatic heterocycles. The summed E-state index contributed by atoms with van der Waals surface area (Å²) in [5.41, 5.74) is 4.07. The molecule has 1 aromatic heterocycles. The molecule has 0 fully saturated rings. The van der Waals surface area contributed by atoms with Crippen LogP contribution in [0.1, 0.15) is 34.9 Å². The van der Waals surface area contributed by atoms with Crippen molar-refractivity contribution < 1.29 is 0 Å². The van der Waals surface area contributed by atoms with Gasteiger partial charge in [-0.15, -0.1) is 11.3 Å². The second-order valence-electron chi connectivity index (χ2n) is 5.96. The van der Waals surface area contributed by atoms with Crippen molar-refractivity contribution in [3.8, 4) is 0 Å². The fourth-order valence-corrected chi connectivity index (χ4v) is 4.82. The molecule has 21 heavy (non-hydrogen) atoms. The lowest BCUT2D eigenvalue weighted by molar-refractivity contribution is 0.402. The van der Waals surface area contributed by atoms with Crippen molar-refractivity contribution in [3.63, 3.8) is 0 Å². The van der Waals surface area contributed by atoms with Crippen LogP contribution in [0, 0.1) is 0 Å². The van der Waals surface area contributed by atoms with Gasteiger partial charge in [0.1, 0.15) is 0 Å². The smallest absolute Gasteiger partial charge is 0.0705 e. The van der Waals surface area contributed by atoms with Crippen molar-refractivity contribution in [1.29, 1.82) is 0 Å². The van der Waals surface area contributed by atoms with Gasteiger partial charge in [-0.1, -0.05) is 12.1 Å². The Labute approximate surface area is 139 Å². The van der Waals surface area contributed by atoms with Gasteiger partial charge < -0.3 is 10.2 Å². The molecule has 1 aliphatic carbocycles. The first-order chi connectivity index (χ1) is 10.1. The maximum Gasteiger partial charge on any atom is 0.0705 e. The van der Waals surface area contributed by atoms with Crippen molar-refractivity contribution in [3.05, 3.63) is 50.1 Å². The van der Waals surface area contributed by atoms with Crippen molar-refractivity contribution >= 4 is 33.0 Å². The number of aryl methyl sites for hydroxylation is 1. The van der Waals surface area contributed by atoms with E-state index >= 15 is 0 Å². The molecule has 1 atom stereocenters. The number of fused-ring (bicyclic) bond motifs is 1. The number of thiophene rings is 1. The molecule has 1 aromatic carbocycles. The first-order valence-corrected chi connectivity index (χ1v) is 9.01. The van der Waals surface area contributed by atoms with Crippen LogP contribution in [0.25, 0.3) is 0 Å². The third-order valence-electron chi connectivity index (χ3n) is 3.85. The molecule has 4 heteroatoms. The lowest BCUT2D eigenvalue weighted by Gasteiger charge is -2.25. The van der Waals surface area contributed by atoms with Crippen LogP contribution in [-0.4, -0.2) is 19.0 Å². The van der Waals surface area contributed by atoms with Gasteiger partial charge in [0.2, 0.25) is 0 Å². The Morgan fingerprint density at radius 2 is 2.19 bits per heavy atom. The average molecular weight is 365 g/mol. The summed E-state index contributed by atoms with van der Waals surface area (Å²) in [6.07, 6.45) is 3.72. The van der Waals surface area contributed by atoms with Gasteiger partial charge >= 0.3 is 0 Å². The third kappa shape index (κ3) is 3.68. The highest BCUT2D eigenvalue weighted by Crippen LogP contribution is 2.39. The maximum absolute atomic E-state index is 3.73. The van der Waals surface area contributed by atoms with E-state index in [2.05, 4.69) is 70.6 Å². The van der Waals surface area contributed by atoms with Crippen molar-refractivity contribution in [2.75, 3.05) is 19.4 Å². The van der Waals surface area contributed by atoms with Crippen molar-refractivity contribution in [2.24, 2.45) is 0 Å². The third-order valence-corrected chi connectivity index (χ3v) is 5.56. The van der Waals surface area contributed by atoms with Crippen LogP contribution in [0.2, 0.25) is 0 Å². The molecule has 0 saturated heterocycles. The van der Waals surface area contributed by atoms with Gasteiger partial charge in [0.15, 0.2) is 0 Å². The van der Waals surface area contributed by atoms with Gasteiger partial charge in [-0.25, -0.2) is 0 Å². The van der Waals surface area contributed by atoms with Gasteiger partial charge in [-0.2, -0.15) is 0 Å². The Balaban J connectivity index is 1.78. The molecule has 1 N–H and O–H groups in total. The predicted octanol–water partition coefficient (Wildman–Crippen LogP) is 5.06. The van der Waals surface area contributed by atoms with E-state index in [4.69, 9.17) is 0 Å². The molecule has 2 aromatic rings. The number of hydrogen-bond donors (Lipinski definition) is 1. The van der Waals surface area contributed by atoms with Gasteiger partial charge in [0, 0.05) is 17.1 Å². The Hall–Kier alpha value is -0.840. The average Bonchev–Trinajstić information content (AvgIpc) is 2.80. The molecular weight excluding hydrogens is 344 g/mol. The highest BCUT2D eigenvalue weighted by Gasteiger charge is 2.22. The Morgan fingerprint density at radius 3 is 3.00 bits per heavy atom. The van der Waals surface area contributed by atoms with Crippen LogP contribution < -0.4 is 5.32 Å². The lowest BCUT2D eigenvalue weighted by Crippen LogP contribution is -2.16. The lowest BCUT2D eigenvalue weighted by atomic mass is 9.94. The van der Waals surface area contributed by atoms with Gasteiger partial charge in [0.25, 0.3) is 0 Å². The van der Waals surface area contributed by atoms with Crippen LogP contribution in [-0.2, 0) is 13.0 Å². The van der Waals surface area contributed by atoms with Gasteiger partial charge in [0.05, 0.1) is 9.83 Å². The molecule has 1 aliphatic rings. The number of anilines is 1. The first kappa shape index (κ1) is 15.1. The summed E-state index contributed by atoms with van der Waals surface area (Å²) in [6, 6.07) is 11.5. The summed E-state index contributed by atoms with van der Waals surface area (Å²) in [4.78, 5) is 3.74. The summed E-state index contributed by atoms with van der Waals surface area (Å²) in [7, 11) is 4.22. The Morgan fingerprint density at radius 1 is 1.33 bits per heavy atom. The maximum atomic E-state index is 3.73. The topological polar surface area (TPSA) is 15.3 Å². The summed E-state index contributed by atoms with van der Waals surface area (Å²) < 4.78 is 1.25. The molecule has 0 amide bonds. The fraction of sp³-hybridized carbons (Fsp3) is 0.412. The zero-order valence-corrected chi connectivity index (χ0v) is 14.9. The quantitative estimate of drug-likeness (QED) is 0.815. The van der Waals surface area contributed by atoms with E-state index in [0.717, 1.165) is 6.54 Å². The monoisotopic (exact) mass is 364 g/mol. The molecule has 112 valence electrons. The summed E-state index contributed by atoms with van der Waals surface area (Å²) in [5, 5.41) is 3.73. The summed E-state index contributed by atoms with van der Waals surface area (Å²) in [5.74, 6) is 0. The fourth-order valence-electron chi connectivity index (χ4n) is 3.00. The van der Waals surface area contributed by atoms with E-state index in [1.165, 1.54) is 44.7 Å². The molecule has 1 heterocycles. The highest BCUT2D eigenvalue weighted by molar-refractivity contribution is 9.11. The number of halogens is 1. The van der Waals surface area contributed by atoms with E-state index in [0.29, 0.717) is 6.04 Å². The number of benzene rings is 1. The molecule has 0 radical (unpaired) electrons. The number of hydrogen-bond acceptors (Lipinski definition) is 3. The second-order valence-corrected chi connectivity index (χ2v) is 8.47. The standard InChI is InChI=1S/C17H21BrN2S/c1-20(2)11-12-5-3-6-13(9-12)19-15-7-4-8-16-14(15)10-17(18)21-16/h3,5-6,9-10,15,19H,4,7-8,11H2,1-2H3. The van der Waals surface area contributed by atoms with E-state index in [-0.39, 0.29) is 0 Å². The minimum Gasteiger partial charge on any atom is -0.378 e. The molecule has 0 saturated carbocycles. The van der Waals surface area contributed by atoms with Crippen LogP contribution in [0.4, 0.5) is 5.69 Å².